The van der Waals surface area contributed by atoms with Gasteiger partial charge in [0.2, 0.25) is 0 Å². The van der Waals surface area contributed by atoms with Gasteiger partial charge in [-0.2, -0.15) is 5.26 Å². The van der Waals surface area contributed by atoms with Crippen molar-refractivity contribution in [2.24, 2.45) is 0 Å². The molecule has 1 aromatic rings. The van der Waals surface area contributed by atoms with Crippen molar-refractivity contribution in [1.29, 1.82) is 5.26 Å². The average molecular weight is 225 g/mol. The predicted octanol–water partition coefficient (Wildman–Crippen LogP) is 1.57. The van der Waals surface area contributed by atoms with Crippen molar-refractivity contribution in [1.82, 2.24) is 0 Å². The molecule has 0 aromatic heterocycles. The Morgan fingerprint density at radius 2 is 2.33 bits per heavy atom. The third-order valence-electron chi connectivity index (χ3n) is 1.91. The number of anilines is 1. The van der Waals surface area contributed by atoms with Crippen LogP contribution in [0.2, 0.25) is 0 Å². The zero-order valence-corrected chi connectivity index (χ0v) is 8.84. The lowest BCUT2D eigenvalue weighted by Crippen LogP contribution is -2.07. The van der Waals surface area contributed by atoms with Gasteiger partial charge in [-0.3, -0.25) is 4.79 Å². The predicted molar refractivity (Wildman–Crippen MR) is 57.2 cm³/mol. The number of methoxy groups -OCH3 is 1. The minimum atomic E-state index is -0.329. The van der Waals surface area contributed by atoms with E-state index >= 15 is 0 Å². The zero-order valence-electron chi connectivity index (χ0n) is 8.08. The van der Waals surface area contributed by atoms with Gasteiger partial charge in [-0.15, -0.1) is 11.6 Å². The monoisotopic (exact) mass is 224 g/mol. The van der Waals surface area contributed by atoms with E-state index < -0.39 is 0 Å². The van der Waals surface area contributed by atoms with Crippen LogP contribution in [0, 0.1) is 11.3 Å². The van der Waals surface area contributed by atoms with E-state index in [-0.39, 0.29) is 22.9 Å². The van der Waals surface area contributed by atoms with Crippen molar-refractivity contribution in [2.75, 3.05) is 18.7 Å². The van der Waals surface area contributed by atoms with Crippen LogP contribution < -0.4 is 10.5 Å². The first kappa shape index (κ1) is 11.3. The fourth-order valence-corrected chi connectivity index (χ4v) is 1.31. The van der Waals surface area contributed by atoms with E-state index in [1.807, 2.05) is 6.07 Å². The molecular weight excluding hydrogens is 216 g/mol. The molecule has 0 spiro atoms. The molecule has 0 saturated carbocycles. The maximum atomic E-state index is 11.4. The van der Waals surface area contributed by atoms with E-state index in [1.54, 1.807) is 0 Å². The van der Waals surface area contributed by atoms with Crippen molar-refractivity contribution in [3.63, 3.8) is 0 Å². The number of ether oxygens (including phenoxy) is 1. The lowest BCUT2D eigenvalue weighted by atomic mass is 10.1. The number of hydrogen-bond acceptors (Lipinski definition) is 4. The highest BCUT2D eigenvalue weighted by Gasteiger charge is 2.14. The highest BCUT2D eigenvalue weighted by atomic mass is 35.5. The summed E-state index contributed by atoms with van der Waals surface area (Å²) in [5.41, 5.74) is 6.43. The molecule has 4 nitrogen and oxygen atoms in total. The first-order valence-electron chi connectivity index (χ1n) is 4.10. The van der Waals surface area contributed by atoms with Crippen LogP contribution in [0.25, 0.3) is 0 Å². The molecule has 0 radical (unpaired) electrons. The van der Waals surface area contributed by atoms with Crippen LogP contribution in [-0.4, -0.2) is 18.8 Å². The summed E-state index contributed by atoms with van der Waals surface area (Å²) in [6, 6.07) is 4.80. The Labute approximate surface area is 92.2 Å². The largest absolute Gasteiger partial charge is 0.495 e. The topological polar surface area (TPSA) is 76.1 Å². The average Bonchev–Trinajstić information content (AvgIpc) is 2.28. The second-order valence-corrected chi connectivity index (χ2v) is 3.08. The number of Topliss-reactive ketones (excluding diaryl/α,β-unsaturated/α-hetero) is 1. The van der Waals surface area contributed by atoms with Gasteiger partial charge >= 0.3 is 0 Å². The van der Waals surface area contributed by atoms with Crippen LogP contribution in [0.15, 0.2) is 12.1 Å². The van der Waals surface area contributed by atoms with Crippen molar-refractivity contribution in [3.05, 3.63) is 23.3 Å². The fraction of sp³-hybridized carbons (Fsp3) is 0.200. The van der Waals surface area contributed by atoms with Crippen LogP contribution in [-0.2, 0) is 0 Å². The van der Waals surface area contributed by atoms with Crippen LogP contribution in [0.4, 0.5) is 5.69 Å². The Morgan fingerprint density at radius 3 is 2.80 bits per heavy atom. The maximum Gasteiger partial charge on any atom is 0.179 e. The van der Waals surface area contributed by atoms with E-state index in [0.717, 1.165) is 0 Å². The number of benzene rings is 1. The van der Waals surface area contributed by atoms with E-state index in [2.05, 4.69) is 0 Å². The minimum absolute atomic E-state index is 0.178. The Morgan fingerprint density at radius 1 is 1.67 bits per heavy atom. The molecule has 2 N–H and O–H groups in total. The highest BCUT2D eigenvalue weighted by molar-refractivity contribution is 6.31. The second-order valence-electron chi connectivity index (χ2n) is 2.81. The summed E-state index contributed by atoms with van der Waals surface area (Å²) in [6.07, 6.45) is 0. The Kier molecular flexibility index (Phi) is 3.53. The van der Waals surface area contributed by atoms with Gasteiger partial charge in [-0.25, -0.2) is 0 Å². The first-order chi connectivity index (χ1) is 7.13. The van der Waals surface area contributed by atoms with E-state index in [1.165, 1.54) is 19.2 Å². The SMILES string of the molecule is COc1cc(C#N)cc(C(=O)CCl)c1N. The van der Waals surface area contributed by atoms with Crippen molar-refractivity contribution < 1.29 is 9.53 Å². The standard InChI is InChI=1S/C10H9ClN2O2/c1-15-9-3-6(5-12)2-7(10(9)13)8(14)4-11/h2-3H,4,13H2,1H3. The third kappa shape index (κ3) is 2.20. The van der Waals surface area contributed by atoms with Gasteiger partial charge in [0.15, 0.2) is 5.78 Å². The summed E-state index contributed by atoms with van der Waals surface area (Å²) in [7, 11) is 1.42. The zero-order chi connectivity index (χ0) is 11.4. The molecule has 5 heteroatoms. The summed E-state index contributed by atoms with van der Waals surface area (Å²) >= 11 is 5.42. The fourth-order valence-electron chi connectivity index (χ4n) is 1.16. The van der Waals surface area contributed by atoms with E-state index in [0.29, 0.717) is 11.3 Å². The van der Waals surface area contributed by atoms with Crippen LogP contribution in [0.5, 0.6) is 5.75 Å². The van der Waals surface area contributed by atoms with E-state index in [4.69, 9.17) is 27.3 Å². The number of nitriles is 1. The van der Waals surface area contributed by atoms with Gasteiger partial charge in [0.1, 0.15) is 5.75 Å². The molecule has 0 aliphatic carbocycles. The molecular formula is C10H9ClN2O2. The third-order valence-corrected chi connectivity index (χ3v) is 2.16. The lowest BCUT2D eigenvalue weighted by Gasteiger charge is -2.08. The molecule has 0 aliphatic heterocycles. The number of nitrogen functional groups attached to an aromatic ring is 1. The number of halogens is 1. The molecule has 1 aromatic carbocycles. The van der Waals surface area contributed by atoms with Crippen LogP contribution >= 0.6 is 11.6 Å². The van der Waals surface area contributed by atoms with Crippen LogP contribution in [0.1, 0.15) is 15.9 Å². The molecule has 0 saturated heterocycles. The quantitative estimate of drug-likeness (QED) is 0.480. The van der Waals surface area contributed by atoms with Gasteiger partial charge in [0.05, 0.1) is 30.3 Å². The maximum absolute atomic E-state index is 11.4. The molecule has 0 amide bonds. The molecule has 15 heavy (non-hydrogen) atoms. The van der Waals surface area contributed by atoms with Gasteiger partial charge in [0, 0.05) is 11.6 Å². The normalized spacial score (nSPS) is 9.40. The number of nitrogens with two attached hydrogens (primary N) is 1. The number of ketones is 1. The Hall–Kier alpha value is -1.73. The van der Waals surface area contributed by atoms with Gasteiger partial charge in [-0.1, -0.05) is 0 Å². The molecule has 0 fully saturated rings. The Bertz CT molecular complexity index is 438. The molecule has 78 valence electrons. The lowest BCUT2D eigenvalue weighted by molar-refractivity contribution is 0.102. The number of nitrogens with zero attached hydrogens (tertiary/aromatic N) is 1. The van der Waals surface area contributed by atoms with Crippen molar-refractivity contribution in [2.45, 2.75) is 0 Å². The summed E-state index contributed by atoms with van der Waals surface area (Å²) in [5, 5.41) is 8.74. The van der Waals surface area contributed by atoms with Gasteiger partial charge in [-0.05, 0) is 6.07 Å². The minimum Gasteiger partial charge on any atom is -0.495 e. The highest BCUT2D eigenvalue weighted by Crippen LogP contribution is 2.27. The number of carbonyl (C=O) groups excluding carboxylic acids is 1. The smallest absolute Gasteiger partial charge is 0.179 e. The Balaban J connectivity index is 3.38. The molecule has 0 unspecified atom stereocenters. The van der Waals surface area contributed by atoms with Crippen LogP contribution in [0.3, 0.4) is 0 Å². The molecule has 0 aliphatic rings. The second kappa shape index (κ2) is 4.67. The summed E-state index contributed by atoms with van der Waals surface area (Å²) in [5.74, 6) is -0.200. The first-order valence-corrected chi connectivity index (χ1v) is 4.64. The van der Waals surface area contributed by atoms with Gasteiger partial charge in [0.25, 0.3) is 0 Å². The number of rotatable bonds is 3. The summed E-state index contributed by atoms with van der Waals surface area (Å²) < 4.78 is 4.95. The summed E-state index contributed by atoms with van der Waals surface area (Å²) in [6.45, 7) is 0. The molecule has 0 heterocycles. The molecule has 0 atom stereocenters. The number of alkyl halides is 1. The molecule has 1 rings (SSSR count). The van der Waals surface area contributed by atoms with Gasteiger partial charge < -0.3 is 10.5 Å². The number of carbonyl (C=O) groups is 1. The van der Waals surface area contributed by atoms with Crippen molar-refractivity contribution >= 4 is 23.1 Å². The number of hydrogen-bond donors (Lipinski definition) is 1. The molecule has 0 bridgehead atoms. The van der Waals surface area contributed by atoms with Crippen molar-refractivity contribution in [3.8, 4) is 11.8 Å². The summed E-state index contributed by atoms with van der Waals surface area (Å²) in [4.78, 5) is 11.4. The van der Waals surface area contributed by atoms with E-state index in [9.17, 15) is 4.79 Å².